The van der Waals surface area contributed by atoms with E-state index in [1.807, 2.05) is 0 Å². The zero-order valence-electron chi connectivity index (χ0n) is 14.3. The molecule has 0 aliphatic carbocycles. The van der Waals surface area contributed by atoms with E-state index in [-0.39, 0.29) is 36.7 Å². The normalized spacial score (nSPS) is 16.7. The van der Waals surface area contributed by atoms with Crippen LogP contribution in [0.3, 0.4) is 0 Å². The molecular formula is C17H15ClN6O3. The number of aryl methyl sites for hydroxylation is 1. The van der Waals surface area contributed by atoms with Crippen LogP contribution < -0.4 is 10.2 Å². The topological polar surface area (TPSA) is 106 Å². The maximum atomic E-state index is 12.5. The summed E-state index contributed by atoms with van der Waals surface area (Å²) < 4.78 is 7.04. The Labute approximate surface area is 158 Å². The van der Waals surface area contributed by atoms with Gasteiger partial charge in [-0.15, -0.1) is 5.10 Å². The number of halogens is 1. The molecule has 10 heteroatoms. The minimum atomic E-state index is -0.514. The lowest BCUT2D eigenvalue weighted by molar-refractivity contribution is -0.122. The zero-order chi connectivity index (χ0) is 19.0. The van der Waals surface area contributed by atoms with Crippen molar-refractivity contribution in [3.63, 3.8) is 0 Å². The van der Waals surface area contributed by atoms with Gasteiger partial charge in [0.25, 0.3) is 5.89 Å². The number of amides is 2. The maximum absolute atomic E-state index is 12.5. The van der Waals surface area contributed by atoms with Gasteiger partial charge in [-0.05, 0) is 30.3 Å². The molecule has 1 aromatic carbocycles. The number of nitrogens with one attached hydrogen (secondary N) is 1. The van der Waals surface area contributed by atoms with E-state index in [1.165, 1.54) is 0 Å². The van der Waals surface area contributed by atoms with E-state index in [1.54, 1.807) is 53.2 Å². The van der Waals surface area contributed by atoms with Crippen molar-refractivity contribution in [1.29, 1.82) is 0 Å². The van der Waals surface area contributed by atoms with Crippen molar-refractivity contribution in [2.75, 3.05) is 16.8 Å². The molecule has 1 unspecified atom stereocenters. The molecule has 1 atom stereocenters. The Morgan fingerprint density at radius 2 is 2.04 bits per heavy atom. The number of hydrogen-bond donors (Lipinski definition) is 1. The van der Waals surface area contributed by atoms with Crippen molar-refractivity contribution in [3.05, 3.63) is 41.6 Å². The molecule has 0 radical (unpaired) electrons. The van der Waals surface area contributed by atoms with Gasteiger partial charge in [-0.25, -0.2) is 0 Å². The Morgan fingerprint density at radius 1 is 1.26 bits per heavy atom. The van der Waals surface area contributed by atoms with Crippen LogP contribution in [0.15, 0.2) is 40.9 Å². The fourth-order valence-corrected chi connectivity index (χ4v) is 3.05. The number of nitrogens with zero attached hydrogens (tertiary/aromatic N) is 5. The third kappa shape index (κ3) is 3.41. The van der Waals surface area contributed by atoms with Crippen LogP contribution in [0.25, 0.3) is 11.6 Å². The lowest BCUT2D eigenvalue weighted by Gasteiger charge is -2.16. The van der Waals surface area contributed by atoms with E-state index in [9.17, 15) is 9.59 Å². The highest BCUT2D eigenvalue weighted by atomic mass is 35.5. The van der Waals surface area contributed by atoms with Crippen LogP contribution in [0.5, 0.6) is 0 Å². The first-order valence-electron chi connectivity index (χ1n) is 8.20. The van der Waals surface area contributed by atoms with Crippen LogP contribution in [-0.4, -0.2) is 38.3 Å². The maximum Gasteiger partial charge on any atom is 0.322 e. The van der Waals surface area contributed by atoms with Gasteiger partial charge in [0.15, 0.2) is 0 Å². The van der Waals surface area contributed by atoms with Gasteiger partial charge in [0, 0.05) is 36.9 Å². The summed E-state index contributed by atoms with van der Waals surface area (Å²) in [5.41, 5.74) is 1.34. The summed E-state index contributed by atoms with van der Waals surface area (Å²) in [7, 11) is 1.74. The first-order valence-corrected chi connectivity index (χ1v) is 8.58. The highest BCUT2D eigenvalue weighted by Gasteiger charge is 2.35. The molecular weight excluding hydrogens is 372 g/mol. The number of carbonyl (C=O) groups is 2. The number of aromatic nitrogens is 4. The van der Waals surface area contributed by atoms with Crippen molar-refractivity contribution in [3.8, 4) is 11.6 Å². The van der Waals surface area contributed by atoms with Crippen LogP contribution in [0.4, 0.5) is 11.7 Å². The second kappa shape index (κ2) is 6.84. The second-order valence-corrected chi connectivity index (χ2v) is 6.56. The van der Waals surface area contributed by atoms with Gasteiger partial charge in [0.2, 0.25) is 11.8 Å². The van der Waals surface area contributed by atoms with Crippen molar-refractivity contribution in [2.24, 2.45) is 13.0 Å². The summed E-state index contributed by atoms with van der Waals surface area (Å²) in [5.74, 6) is -0.741. The lowest BCUT2D eigenvalue weighted by Crippen LogP contribution is -2.28. The van der Waals surface area contributed by atoms with Gasteiger partial charge < -0.3 is 9.32 Å². The molecule has 9 nitrogen and oxygen atoms in total. The quantitative estimate of drug-likeness (QED) is 0.736. The Morgan fingerprint density at radius 3 is 2.74 bits per heavy atom. The summed E-state index contributed by atoms with van der Waals surface area (Å²) in [5, 5.41) is 14.9. The number of anilines is 2. The molecule has 3 aromatic rings. The van der Waals surface area contributed by atoms with Crippen LogP contribution in [0, 0.1) is 5.92 Å². The highest BCUT2D eigenvalue weighted by Crippen LogP contribution is 2.27. The number of hydrogen-bond acceptors (Lipinski definition) is 6. The highest BCUT2D eigenvalue weighted by molar-refractivity contribution is 6.30. The minimum absolute atomic E-state index is 0.0198. The molecule has 2 aromatic heterocycles. The molecule has 1 saturated heterocycles. The molecule has 0 spiro atoms. The van der Waals surface area contributed by atoms with Crippen molar-refractivity contribution < 1.29 is 14.0 Å². The molecule has 1 aliphatic rings. The molecule has 0 bridgehead atoms. The zero-order valence-corrected chi connectivity index (χ0v) is 15.1. The fraction of sp³-hybridized carbons (Fsp3) is 0.235. The molecule has 1 N–H and O–H groups in total. The van der Waals surface area contributed by atoms with Gasteiger partial charge in [0.05, 0.1) is 5.92 Å². The molecule has 2 amide bonds. The number of carbonyl (C=O) groups excluding carboxylic acids is 2. The molecule has 4 rings (SSSR count). The average Bonchev–Trinajstić information content (AvgIpc) is 3.36. The van der Waals surface area contributed by atoms with Gasteiger partial charge in [-0.2, -0.15) is 5.10 Å². The molecule has 1 aliphatic heterocycles. The van der Waals surface area contributed by atoms with Crippen LogP contribution in [0.2, 0.25) is 5.02 Å². The minimum Gasteiger partial charge on any atom is -0.401 e. The van der Waals surface area contributed by atoms with Crippen LogP contribution >= 0.6 is 11.6 Å². The first-order chi connectivity index (χ1) is 13.0. The van der Waals surface area contributed by atoms with E-state index in [0.717, 1.165) is 0 Å². The molecule has 1 fully saturated rings. The summed E-state index contributed by atoms with van der Waals surface area (Å²) >= 11 is 5.88. The molecule has 3 heterocycles. The summed E-state index contributed by atoms with van der Waals surface area (Å²) in [4.78, 5) is 26.3. The summed E-state index contributed by atoms with van der Waals surface area (Å²) in [6.45, 7) is 0.273. The SMILES string of the molecule is Cn1nccc1-c1nnc(NC(=O)C2CC(=O)N(c3ccc(Cl)cc3)C2)o1. The van der Waals surface area contributed by atoms with Crippen molar-refractivity contribution in [1.82, 2.24) is 20.0 Å². The van der Waals surface area contributed by atoms with Gasteiger partial charge in [-0.3, -0.25) is 19.6 Å². The Bertz CT molecular complexity index is 996. The predicted octanol–water partition coefficient (Wildman–Crippen LogP) is 2.12. The van der Waals surface area contributed by atoms with Crippen LogP contribution in [0.1, 0.15) is 6.42 Å². The first kappa shape index (κ1) is 17.2. The average molecular weight is 387 g/mol. The Hall–Kier alpha value is -3.20. The van der Waals surface area contributed by atoms with E-state index in [2.05, 4.69) is 20.6 Å². The van der Waals surface area contributed by atoms with E-state index >= 15 is 0 Å². The predicted molar refractivity (Wildman–Crippen MR) is 97.0 cm³/mol. The monoisotopic (exact) mass is 386 g/mol. The largest absolute Gasteiger partial charge is 0.401 e. The van der Waals surface area contributed by atoms with Gasteiger partial charge in [0.1, 0.15) is 5.69 Å². The molecule has 27 heavy (non-hydrogen) atoms. The lowest BCUT2D eigenvalue weighted by atomic mass is 10.1. The van der Waals surface area contributed by atoms with E-state index < -0.39 is 5.92 Å². The second-order valence-electron chi connectivity index (χ2n) is 6.12. The number of benzene rings is 1. The standard InChI is InChI=1S/C17H15ClN6O3/c1-23-13(6-7-19-23)16-21-22-17(27-16)20-15(26)10-8-14(25)24(9-10)12-4-2-11(18)3-5-12/h2-7,10H,8-9H2,1H3,(H,20,22,26). The van der Waals surface area contributed by atoms with E-state index in [4.69, 9.17) is 16.0 Å². The van der Waals surface area contributed by atoms with Crippen LogP contribution in [-0.2, 0) is 16.6 Å². The van der Waals surface area contributed by atoms with Crippen molar-refractivity contribution >= 4 is 35.1 Å². The number of rotatable bonds is 4. The van der Waals surface area contributed by atoms with Gasteiger partial charge in [-0.1, -0.05) is 16.7 Å². The molecule has 0 saturated carbocycles. The summed E-state index contributed by atoms with van der Waals surface area (Å²) in [6, 6.07) is 8.61. The Balaban J connectivity index is 1.43. The third-order valence-corrected chi connectivity index (χ3v) is 4.58. The van der Waals surface area contributed by atoms with E-state index in [0.29, 0.717) is 16.4 Å². The smallest absolute Gasteiger partial charge is 0.322 e. The fourth-order valence-electron chi connectivity index (χ4n) is 2.92. The summed E-state index contributed by atoms with van der Waals surface area (Å²) in [6.07, 6.45) is 1.71. The van der Waals surface area contributed by atoms with Crippen molar-refractivity contribution in [2.45, 2.75) is 6.42 Å². The Kier molecular flexibility index (Phi) is 4.36. The third-order valence-electron chi connectivity index (χ3n) is 4.33. The van der Waals surface area contributed by atoms with Gasteiger partial charge >= 0.3 is 6.01 Å². The molecule has 138 valence electrons.